The second kappa shape index (κ2) is 9.83. The van der Waals surface area contributed by atoms with Crippen molar-refractivity contribution < 1.29 is 19.8 Å². The van der Waals surface area contributed by atoms with Gasteiger partial charge in [0.25, 0.3) is 11.5 Å². The molecule has 0 saturated carbocycles. The Morgan fingerprint density at radius 3 is 2.09 bits per heavy atom. The van der Waals surface area contributed by atoms with Crippen molar-refractivity contribution in [3.8, 4) is 28.4 Å². The molecular formula is C26H21N3O5. The zero-order chi connectivity index (χ0) is 24.1. The van der Waals surface area contributed by atoms with Crippen LogP contribution in [0.5, 0.6) is 5.88 Å². The summed E-state index contributed by atoms with van der Waals surface area (Å²) in [7, 11) is 0. The summed E-state index contributed by atoms with van der Waals surface area (Å²) in [6.45, 7) is -0.611. The highest BCUT2D eigenvalue weighted by Crippen LogP contribution is 2.32. The SMILES string of the molecule is O=C(O)CNC(=O)c1c(O)nc(-c2ccccc2-c2ccccc2)n(Cc2ccccc2)c1=O. The Balaban J connectivity index is 1.93. The number of aliphatic carboxylic acids is 1. The van der Waals surface area contributed by atoms with Crippen molar-refractivity contribution in [3.05, 3.63) is 106 Å². The summed E-state index contributed by atoms with van der Waals surface area (Å²) < 4.78 is 1.31. The predicted molar refractivity (Wildman–Crippen MR) is 127 cm³/mol. The van der Waals surface area contributed by atoms with Crippen molar-refractivity contribution in [2.24, 2.45) is 0 Å². The van der Waals surface area contributed by atoms with Crippen LogP contribution in [0.4, 0.5) is 0 Å². The monoisotopic (exact) mass is 455 g/mol. The number of carboxylic acids is 1. The maximum absolute atomic E-state index is 13.5. The molecule has 8 nitrogen and oxygen atoms in total. The fourth-order valence-electron chi connectivity index (χ4n) is 3.65. The van der Waals surface area contributed by atoms with Crippen LogP contribution in [0.1, 0.15) is 15.9 Å². The molecule has 1 aromatic heterocycles. The zero-order valence-corrected chi connectivity index (χ0v) is 18.0. The van der Waals surface area contributed by atoms with Crippen molar-refractivity contribution in [2.75, 3.05) is 6.54 Å². The fraction of sp³-hybridized carbons (Fsp3) is 0.0769. The molecule has 1 amide bonds. The van der Waals surface area contributed by atoms with Crippen molar-refractivity contribution in [1.29, 1.82) is 0 Å². The number of carbonyl (C=O) groups is 2. The first-order valence-electron chi connectivity index (χ1n) is 10.5. The number of hydrogen-bond acceptors (Lipinski definition) is 5. The van der Waals surface area contributed by atoms with E-state index < -0.39 is 35.4 Å². The van der Waals surface area contributed by atoms with Crippen LogP contribution in [0, 0.1) is 0 Å². The van der Waals surface area contributed by atoms with E-state index >= 15 is 0 Å². The summed E-state index contributed by atoms with van der Waals surface area (Å²) in [5, 5.41) is 21.6. The number of carboxylic acid groups (broad SMARTS) is 1. The van der Waals surface area contributed by atoms with Crippen LogP contribution < -0.4 is 10.9 Å². The van der Waals surface area contributed by atoms with Gasteiger partial charge >= 0.3 is 5.97 Å². The molecule has 0 atom stereocenters. The molecule has 4 aromatic rings. The quantitative estimate of drug-likeness (QED) is 0.394. The number of aromatic nitrogens is 2. The number of nitrogens with one attached hydrogen (secondary N) is 1. The number of benzene rings is 3. The first kappa shape index (κ1) is 22.5. The molecule has 3 aromatic carbocycles. The molecule has 0 fully saturated rings. The second-order valence-corrected chi connectivity index (χ2v) is 7.50. The molecule has 0 radical (unpaired) electrons. The average molecular weight is 455 g/mol. The number of nitrogens with zero attached hydrogens (tertiary/aromatic N) is 2. The number of amides is 1. The predicted octanol–water partition coefficient (Wildman–Crippen LogP) is 3.15. The highest BCUT2D eigenvalue weighted by molar-refractivity contribution is 5.97. The summed E-state index contributed by atoms with van der Waals surface area (Å²) in [6.07, 6.45) is 0. The first-order chi connectivity index (χ1) is 16.5. The molecule has 4 rings (SSSR count). The van der Waals surface area contributed by atoms with Gasteiger partial charge < -0.3 is 15.5 Å². The molecule has 0 unspecified atom stereocenters. The Labute approximate surface area is 194 Å². The lowest BCUT2D eigenvalue weighted by atomic mass is 9.99. The van der Waals surface area contributed by atoms with Gasteiger partial charge in [-0.2, -0.15) is 4.98 Å². The van der Waals surface area contributed by atoms with Gasteiger partial charge in [0.05, 0.1) is 6.54 Å². The highest BCUT2D eigenvalue weighted by atomic mass is 16.4. The molecule has 3 N–H and O–H groups in total. The molecule has 34 heavy (non-hydrogen) atoms. The summed E-state index contributed by atoms with van der Waals surface area (Å²) in [6, 6.07) is 26.0. The second-order valence-electron chi connectivity index (χ2n) is 7.50. The van der Waals surface area contributed by atoms with Gasteiger partial charge in [-0.1, -0.05) is 84.9 Å². The van der Waals surface area contributed by atoms with Gasteiger partial charge in [0.2, 0.25) is 5.88 Å². The molecule has 1 heterocycles. The van der Waals surface area contributed by atoms with Crippen LogP contribution in [0.25, 0.3) is 22.5 Å². The summed E-state index contributed by atoms with van der Waals surface area (Å²) in [5.74, 6) is -2.88. The summed E-state index contributed by atoms with van der Waals surface area (Å²) >= 11 is 0. The van der Waals surface area contributed by atoms with E-state index in [9.17, 15) is 19.5 Å². The lowest BCUT2D eigenvalue weighted by Crippen LogP contribution is -2.37. The minimum atomic E-state index is -1.28. The zero-order valence-electron chi connectivity index (χ0n) is 18.0. The lowest BCUT2D eigenvalue weighted by molar-refractivity contribution is -0.135. The Bertz CT molecular complexity index is 1400. The van der Waals surface area contributed by atoms with E-state index in [0.717, 1.165) is 16.7 Å². The third kappa shape index (κ3) is 4.71. The third-order valence-corrected chi connectivity index (χ3v) is 5.21. The molecule has 8 heteroatoms. The van der Waals surface area contributed by atoms with E-state index in [0.29, 0.717) is 5.56 Å². The van der Waals surface area contributed by atoms with Gasteiger partial charge in [-0.15, -0.1) is 0 Å². The van der Waals surface area contributed by atoms with Gasteiger partial charge in [-0.05, 0) is 16.7 Å². The largest absolute Gasteiger partial charge is 0.493 e. The number of carbonyl (C=O) groups excluding carboxylic acids is 1. The van der Waals surface area contributed by atoms with E-state index in [1.54, 1.807) is 12.1 Å². The molecular weight excluding hydrogens is 434 g/mol. The average Bonchev–Trinajstić information content (AvgIpc) is 2.85. The van der Waals surface area contributed by atoms with Crippen LogP contribution in [0.15, 0.2) is 89.7 Å². The summed E-state index contributed by atoms with van der Waals surface area (Å²) in [4.78, 5) is 41.1. The van der Waals surface area contributed by atoms with Crippen LogP contribution >= 0.6 is 0 Å². The molecule has 0 spiro atoms. The van der Waals surface area contributed by atoms with Gasteiger partial charge in [0, 0.05) is 5.56 Å². The Morgan fingerprint density at radius 2 is 1.44 bits per heavy atom. The van der Waals surface area contributed by atoms with E-state index in [1.165, 1.54) is 4.57 Å². The lowest BCUT2D eigenvalue weighted by Gasteiger charge is -2.17. The van der Waals surface area contributed by atoms with Crippen LogP contribution in [-0.4, -0.2) is 38.2 Å². The normalized spacial score (nSPS) is 10.6. The Hall–Kier alpha value is -4.72. The van der Waals surface area contributed by atoms with Crippen molar-refractivity contribution in [2.45, 2.75) is 6.54 Å². The van der Waals surface area contributed by atoms with E-state index in [4.69, 9.17) is 5.11 Å². The highest BCUT2D eigenvalue weighted by Gasteiger charge is 2.24. The molecule has 0 aliphatic heterocycles. The van der Waals surface area contributed by atoms with E-state index in [2.05, 4.69) is 10.3 Å². The molecule has 0 bridgehead atoms. The maximum Gasteiger partial charge on any atom is 0.322 e. The number of aromatic hydroxyl groups is 1. The van der Waals surface area contributed by atoms with Crippen molar-refractivity contribution >= 4 is 11.9 Å². The Morgan fingerprint density at radius 1 is 0.853 bits per heavy atom. The van der Waals surface area contributed by atoms with Crippen LogP contribution in [0.3, 0.4) is 0 Å². The van der Waals surface area contributed by atoms with Gasteiger partial charge in [0.1, 0.15) is 12.4 Å². The third-order valence-electron chi connectivity index (χ3n) is 5.21. The van der Waals surface area contributed by atoms with Crippen LogP contribution in [-0.2, 0) is 11.3 Å². The number of rotatable bonds is 7. The van der Waals surface area contributed by atoms with Gasteiger partial charge in [0.15, 0.2) is 5.56 Å². The Kier molecular flexibility index (Phi) is 6.49. The van der Waals surface area contributed by atoms with E-state index in [-0.39, 0.29) is 12.4 Å². The van der Waals surface area contributed by atoms with Gasteiger partial charge in [-0.25, -0.2) is 0 Å². The van der Waals surface area contributed by atoms with Gasteiger partial charge in [-0.3, -0.25) is 19.0 Å². The van der Waals surface area contributed by atoms with Crippen molar-refractivity contribution in [3.63, 3.8) is 0 Å². The van der Waals surface area contributed by atoms with Crippen molar-refractivity contribution in [1.82, 2.24) is 14.9 Å². The minimum absolute atomic E-state index is 0.0879. The summed E-state index contributed by atoms with van der Waals surface area (Å²) in [5.41, 5.74) is 1.66. The van der Waals surface area contributed by atoms with Crippen LogP contribution in [0.2, 0.25) is 0 Å². The minimum Gasteiger partial charge on any atom is -0.493 e. The fourth-order valence-corrected chi connectivity index (χ4v) is 3.65. The molecule has 0 aliphatic carbocycles. The smallest absolute Gasteiger partial charge is 0.322 e. The molecule has 0 aliphatic rings. The van der Waals surface area contributed by atoms with E-state index in [1.807, 2.05) is 72.8 Å². The number of hydrogen-bond donors (Lipinski definition) is 3. The first-order valence-corrected chi connectivity index (χ1v) is 10.5. The topological polar surface area (TPSA) is 122 Å². The maximum atomic E-state index is 13.5. The molecule has 170 valence electrons. The molecule has 0 saturated heterocycles. The standard InChI is InChI=1S/C26H21N3O5/c30-21(31)15-27-24(32)22-25(33)28-23(29(26(22)34)16-17-9-3-1-4-10-17)20-14-8-7-13-19(20)18-11-5-2-6-12-18/h1-14,33H,15-16H2,(H,27,32)(H,30,31).